The van der Waals surface area contributed by atoms with Crippen LogP contribution in [-0.2, 0) is 0 Å². The maximum atomic E-state index is 5.55. The molecule has 0 N–H and O–H groups in total. The zero-order chi connectivity index (χ0) is 10.2. The fourth-order valence-corrected chi connectivity index (χ4v) is 1.19. The molecule has 0 aliphatic rings. The fraction of sp³-hybridized carbons (Fsp3) is 0.333. The highest BCUT2D eigenvalue weighted by Crippen LogP contribution is 2.15. The number of ether oxygens (including phenoxy) is 1. The first-order valence-electron chi connectivity index (χ1n) is 4.56. The largest absolute Gasteiger partial charge is 0.495 e. The van der Waals surface area contributed by atoms with E-state index in [-0.39, 0.29) is 0 Å². The Labute approximate surface area is 90.0 Å². The molecule has 14 heavy (non-hydrogen) atoms. The highest BCUT2D eigenvalue weighted by atomic mass is 35.5. The van der Waals surface area contributed by atoms with Gasteiger partial charge in [-0.25, -0.2) is 0 Å². The summed E-state index contributed by atoms with van der Waals surface area (Å²) in [5.41, 5.74) is 0.935. The van der Waals surface area contributed by atoms with E-state index in [1.54, 1.807) is 7.11 Å². The van der Waals surface area contributed by atoms with E-state index < -0.39 is 0 Å². The summed E-state index contributed by atoms with van der Waals surface area (Å²) >= 11 is 5.55. The Balaban J connectivity index is 2.68. The molecule has 0 radical (unpaired) electrons. The van der Waals surface area contributed by atoms with Gasteiger partial charge in [0.15, 0.2) is 0 Å². The van der Waals surface area contributed by atoms with E-state index in [9.17, 15) is 0 Å². The summed E-state index contributed by atoms with van der Waals surface area (Å²) in [7, 11) is 1.65. The first-order chi connectivity index (χ1) is 6.88. The second-order valence-electron chi connectivity index (χ2n) is 2.79. The predicted molar refractivity (Wildman–Crippen MR) is 59.8 cm³/mol. The van der Waals surface area contributed by atoms with Crippen molar-refractivity contribution in [2.75, 3.05) is 13.0 Å². The van der Waals surface area contributed by atoms with Gasteiger partial charge in [-0.1, -0.05) is 24.0 Å². The van der Waals surface area contributed by atoms with Gasteiger partial charge in [0.25, 0.3) is 0 Å². The van der Waals surface area contributed by atoms with Crippen LogP contribution in [0.3, 0.4) is 0 Å². The summed E-state index contributed by atoms with van der Waals surface area (Å²) in [6.07, 6.45) is 1.77. The van der Waals surface area contributed by atoms with Crippen molar-refractivity contribution in [1.82, 2.24) is 0 Å². The lowest BCUT2D eigenvalue weighted by atomic mass is 10.2. The van der Waals surface area contributed by atoms with E-state index in [2.05, 4.69) is 11.8 Å². The van der Waals surface area contributed by atoms with Crippen molar-refractivity contribution in [3.63, 3.8) is 0 Å². The van der Waals surface area contributed by atoms with Crippen LogP contribution in [-0.4, -0.2) is 13.0 Å². The van der Waals surface area contributed by atoms with Crippen LogP contribution in [0.2, 0.25) is 0 Å². The Morgan fingerprint density at radius 1 is 1.36 bits per heavy atom. The van der Waals surface area contributed by atoms with Gasteiger partial charge in [-0.05, 0) is 18.6 Å². The Morgan fingerprint density at radius 2 is 2.14 bits per heavy atom. The third-order valence-electron chi connectivity index (χ3n) is 1.77. The standard InChI is InChI=1S/C12H13ClO/c1-14-12-9-5-4-8-11(12)7-3-2-6-10-13/h4-5,8-9H,2,6,10H2,1H3. The summed E-state index contributed by atoms with van der Waals surface area (Å²) in [6, 6.07) is 7.74. The van der Waals surface area contributed by atoms with Crippen LogP contribution < -0.4 is 4.74 Å². The average molecular weight is 209 g/mol. The van der Waals surface area contributed by atoms with Gasteiger partial charge in [-0.3, -0.25) is 0 Å². The molecule has 0 aliphatic heterocycles. The van der Waals surface area contributed by atoms with E-state index in [0.29, 0.717) is 5.88 Å². The molecule has 0 heterocycles. The van der Waals surface area contributed by atoms with Crippen LogP contribution in [0.1, 0.15) is 18.4 Å². The normalized spacial score (nSPS) is 9.00. The quantitative estimate of drug-likeness (QED) is 0.422. The molecule has 0 saturated heterocycles. The van der Waals surface area contributed by atoms with Gasteiger partial charge in [0.1, 0.15) is 5.75 Å². The van der Waals surface area contributed by atoms with Crippen molar-refractivity contribution in [1.29, 1.82) is 0 Å². The molecule has 1 rings (SSSR count). The molecule has 2 heteroatoms. The van der Waals surface area contributed by atoms with E-state index in [1.807, 2.05) is 24.3 Å². The number of methoxy groups -OCH3 is 1. The monoisotopic (exact) mass is 208 g/mol. The number of para-hydroxylation sites is 1. The molecule has 1 nitrogen and oxygen atoms in total. The Hall–Kier alpha value is -1.13. The van der Waals surface area contributed by atoms with Crippen molar-refractivity contribution in [3.8, 4) is 17.6 Å². The van der Waals surface area contributed by atoms with Crippen molar-refractivity contribution in [2.24, 2.45) is 0 Å². The summed E-state index contributed by atoms with van der Waals surface area (Å²) in [4.78, 5) is 0. The van der Waals surface area contributed by atoms with Crippen molar-refractivity contribution in [3.05, 3.63) is 29.8 Å². The molecule has 0 fully saturated rings. The topological polar surface area (TPSA) is 9.23 Å². The van der Waals surface area contributed by atoms with Crippen LogP contribution in [0, 0.1) is 11.8 Å². The number of benzene rings is 1. The van der Waals surface area contributed by atoms with Crippen molar-refractivity contribution < 1.29 is 4.74 Å². The SMILES string of the molecule is COc1ccccc1C#CCCCCl. The summed E-state index contributed by atoms with van der Waals surface area (Å²) < 4.78 is 5.17. The lowest BCUT2D eigenvalue weighted by Gasteiger charge is -2.00. The summed E-state index contributed by atoms with van der Waals surface area (Å²) in [5, 5.41) is 0. The van der Waals surface area contributed by atoms with Crippen molar-refractivity contribution in [2.45, 2.75) is 12.8 Å². The minimum absolute atomic E-state index is 0.667. The lowest BCUT2D eigenvalue weighted by Crippen LogP contribution is -1.86. The van der Waals surface area contributed by atoms with Crippen LogP contribution >= 0.6 is 11.6 Å². The molecular formula is C12H13ClO. The first-order valence-corrected chi connectivity index (χ1v) is 5.10. The Morgan fingerprint density at radius 3 is 2.86 bits per heavy atom. The van der Waals surface area contributed by atoms with Crippen molar-refractivity contribution >= 4 is 11.6 Å². The van der Waals surface area contributed by atoms with E-state index in [0.717, 1.165) is 24.2 Å². The Bertz CT molecular complexity index is 336. The third-order valence-corrected chi connectivity index (χ3v) is 2.03. The van der Waals surface area contributed by atoms with Crippen LogP contribution in [0.25, 0.3) is 0 Å². The highest BCUT2D eigenvalue weighted by Gasteiger charge is 1.95. The summed E-state index contributed by atoms with van der Waals surface area (Å²) in [6.45, 7) is 0. The number of alkyl halides is 1. The average Bonchev–Trinajstić information content (AvgIpc) is 2.25. The predicted octanol–water partition coefficient (Wildman–Crippen LogP) is 3.07. The minimum Gasteiger partial charge on any atom is -0.495 e. The van der Waals surface area contributed by atoms with E-state index in [1.165, 1.54) is 0 Å². The number of hydrogen-bond acceptors (Lipinski definition) is 1. The molecule has 0 unspecified atom stereocenters. The van der Waals surface area contributed by atoms with Gasteiger partial charge in [0.2, 0.25) is 0 Å². The maximum Gasteiger partial charge on any atom is 0.134 e. The van der Waals surface area contributed by atoms with E-state index in [4.69, 9.17) is 16.3 Å². The maximum absolute atomic E-state index is 5.55. The molecule has 74 valence electrons. The molecular weight excluding hydrogens is 196 g/mol. The van der Waals surface area contributed by atoms with Gasteiger partial charge in [-0.15, -0.1) is 11.6 Å². The second kappa shape index (κ2) is 6.34. The third kappa shape index (κ3) is 3.32. The van der Waals surface area contributed by atoms with Gasteiger partial charge >= 0.3 is 0 Å². The second-order valence-corrected chi connectivity index (χ2v) is 3.17. The molecule has 0 bridgehead atoms. The molecule has 0 amide bonds. The number of halogens is 1. The first kappa shape index (κ1) is 10.9. The molecule has 0 atom stereocenters. The highest BCUT2D eigenvalue weighted by molar-refractivity contribution is 6.17. The van der Waals surface area contributed by atoms with Gasteiger partial charge in [0.05, 0.1) is 12.7 Å². The van der Waals surface area contributed by atoms with Gasteiger partial charge < -0.3 is 4.74 Å². The molecule has 0 aliphatic carbocycles. The van der Waals surface area contributed by atoms with Crippen LogP contribution in [0.15, 0.2) is 24.3 Å². The number of unbranched alkanes of at least 4 members (excludes halogenated alkanes) is 1. The molecule has 1 aromatic rings. The lowest BCUT2D eigenvalue weighted by molar-refractivity contribution is 0.413. The summed E-state index contributed by atoms with van der Waals surface area (Å²) in [5.74, 6) is 7.62. The number of hydrogen-bond donors (Lipinski definition) is 0. The molecule has 1 aromatic carbocycles. The Kier molecular flexibility index (Phi) is 4.96. The molecule has 0 spiro atoms. The fourth-order valence-electron chi connectivity index (χ4n) is 1.06. The molecule has 0 aromatic heterocycles. The van der Waals surface area contributed by atoms with Crippen LogP contribution in [0.5, 0.6) is 5.75 Å². The van der Waals surface area contributed by atoms with E-state index >= 15 is 0 Å². The van der Waals surface area contributed by atoms with Crippen LogP contribution in [0.4, 0.5) is 0 Å². The smallest absolute Gasteiger partial charge is 0.134 e. The van der Waals surface area contributed by atoms with Gasteiger partial charge in [0, 0.05) is 12.3 Å². The zero-order valence-electron chi connectivity index (χ0n) is 8.22. The number of rotatable bonds is 3. The minimum atomic E-state index is 0.667. The zero-order valence-corrected chi connectivity index (χ0v) is 8.97. The van der Waals surface area contributed by atoms with Gasteiger partial charge in [-0.2, -0.15) is 0 Å². The molecule has 0 saturated carbocycles.